The molecular formula is C22H20Cl2N2O2S. The SMILES string of the molecule is Cc1cc(CCCCCOc2c(Cl)cc(-c3nc4ccccc4s3)cc2Cl)on1. The summed E-state index contributed by atoms with van der Waals surface area (Å²) in [6, 6.07) is 13.8. The minimum absolute atomic E-state index is 0.504. The minimum Gasteiger partial charge on any atom is -0.490 e. The predicted molar refractivity (Wildman–Crippen MR) is 119 cm³/mol. The van der Waals surface area contributed by atoms with Crippen LogP contribution in [0.15, 0.2) is 47.0 Å². The first-order chi connectivity index (χ1) is 14.1. The van der Waals surface area contributed by atoms with Gasteiger partial charge in [-0.15, -0.1) is 11.3 Å². The van der Waals surface area contributed by atoms with Crippen molar-refractivity contribution in [2.45, 2.75) is 32.6 Å². The number of nitrogens with zero attached hydrogens (tertiary/aromatic N) is 2. The summed E-state index contributed by atoms with van der Waals surface area (Å²) in [7, 11) is 0. The summed E-state index contributed by atoms with van der Waals surface area (Å²) in [6.07, 6.45) is 3.85. The van der Waals surface area contributed by atoms with Crippen molar-refractivity contribution in [3.8, 4) is 16.3 Å². The van der Waals surface area contributed by atoms with E-state index in [0.717, 1.165) is 57.9 Å². The van der Waals surface area contributed by atoms with Crippen LogP contribution in [0.2, 0.25) is 10.0 Å². The van der Waals surface area contributed by atoms with Crippen molar-refractivity contribution in [1.82, 2.24) is 10.1 Å². The van der Waals surface area contributed by atoms with Gasteiger partial charge in [-0.25, -0.2) is 4.98 Å². The summed E-state index contributed by atoms with van der Waals surface area (Å²) in [6.45, 7) is 2.49. The lowest BCUT2D eigenvalue weighted by Crippen LogP contribution is -1.99. The van der Waals surface area contributed by atoms with E-state index in [-0.39, 0.29) is 0 Å². The van der Waals surface area contributed by atoms with E-state index in [1.165, 1.54) is 0 Å². The van der Waals surface area contributed by atoms with Crippen LogP contribution in [0.25, 0.3) is 20.8 Å². The smallest absolute Gasteiger partial charge is 0.156 e. The van der Waals surface area contributed by atoms with Crippen LogP contribution >= 0.6 is 34.5 Å². The van der Waals surface area contributed by atoms with E-state index in [1.54, 1.807) is 11.3 Å². The van der Waals surface area contributed by atoms with Crippen LogP contribution in [0, 0.1) is 6.92 Å². The van der Waals surface area contributed by atoms with E-state index in [9.17, 15) is 0 Å². The second-order valence-electron chi connectivity index (χ2n) is 6.85. The summed E-state index contributed by atoms with van der Waals surface area (Å²) >= 11 is 14.5. The number of para-hydroxylation sites is 1. The molecule has 2 heterocycles. The largest absolute Gasteiger partial charge is 0.490 e. The van der Waals surface area contributed by atoms with Crippen LogP contribution in [0.1, 0.15) is 30.7 Å². The molecule has 0 fully saturated rings. The molecule has 0 spiro atoms. The molecule has 0 amide bonds. The number of halogens is 2. The Morgan fingerprint density at radius 1 is 1.03 bits per heavy atom. The summed E-state index contributed by atoms with van der Waals surface area (Å²) in [5.41, 5.74) is 2.79. The van der Waals surface area contributed by atoms with Crippen LogP contribution in [0.4, 0.5) is 0 Å². The Balaban J connectivity index is 1.33. The number of fused-ring (bicyclic) bond motifs is 1. The summed E-state index contributed by atoms with van der Waals surface area (Å²) < 4.78 is 12.2. The maximum absolute atomic E-state index is 6.45. The van der Waals surface area contributed by atoms with E-state index in [2.05, 4.69) is 16.2 Å². The molecular weight excluding hydrogens is 427 g/mol. The number of hydrogen-bond donors (Lipinski definition) is 0. The highest BCUT2D eigenvalue weighted by Gasteiger charge is 2.13. The fraction of sp³-hybridized carbons (Fsp3) is 0.273. The van der Waals surface area contributed by atoms with Crippen LogP contribution in [0.3, 0.4) is 0 Å². The van der Waals surface area contributed by atoms with Crippen LogP contribution in [-0.2, 0) is 6.42 Å². The van der Waals surface area contributed by atoms with Crippen molar-refractivity contribution in [3.63, 3.8) is 0 Å². The van der Waals surface area contributed by atoms with Gasteiger partial charge in [0.05, 0.1) is 32.6 Å². The Bertz CT molecular complexity index is 1070. The predicted octanol–water partition coefficient (Wildman–Crippen LogP) is 7.36. The molecule has 150 valence electrons. The molecule has 2 aromatic heterocycles. The Hall–Kier alpha value is -2.08. The second-order valence-corrected chi connectivity index (χ2v) is 8.69. The quantitative estimate of drug-likeness (QED) is 0.265. The summed E-state index contributed by atoms with van der Waals surface area (Å²) in [5, 5.41) is 5.80. The van der Waals surface area contributed by atoms with E-state index >= 15 is 0 Å². The number of hydrogen-bond acceptors (Lipinski definition) is 5. The van der Waals surface area contributed by atoms with Gasteiger partial charge >= 0.3 is 0 Å². The van der Waals surface area contributed by atoms with Crippen molar-refractivity contribution in [3.05, 3.63) is 64.0 Å². The summed E-state index contributed by atoms with van der Waals surface area (Å²) in [5.74, 6) is 1.46. The van der Waals surface area contributed by atoms with E-state index in [0.29, 0.717) is 22.4 Å². The molecule has 0 aliphatic carbocycles. The van der Waals surface area contributed by atoms with Gasteiger partial charge in [-0.2, -0.15) is 0 Å². The molecule has 29 heavy (non-hydrogen) atoms. The lowest BCUT2D eigenvalue weighted by molar-refractivity contribution is 0.304. The zero-order valence-corrected chi connectivity index (χ0v) is 18.3. The molecule has 4 nitrogen and oxygen atoms in total. The van der Waals surface area contributed by atoms with Crippen LogP contribution in [0.5, 0.6) is 5.75 Å². The van der Waals surface area contributed by atoms with Crippen molar-refractivity contribution >= 4 is 44.8 Å². The highest BCUT2D eigenvalue weighted by atomic mass is 35.5. The third-order valence-corrected chi connectivity index (χ3v) is 6.18. The van der Waals surface area contributed by atoms with Gasteiger partial charge in [0, 0.05) is 18.1 Å². The van der Waals surface area contributed by atoms with Gasteiger partial charge in [0.2, 0.25) is 0 Å². The molecule has 0 saturated heterocycles. The number of benzene rings is 2. The number of ether oxygens (including phenoxy) is 1. The average molecular weight is 447 g/mol. The van der Waals surface area contributed by atoms with E-state index in [4.69, 9.17) is 32.5 Å². The first-order valence-electron chi connectivity index (χ1n) is 9.50. The molecule has 4 rings (SSSR count). The Morgan fingerprint density at radius 2 is 1.83 bits per heavy atom. The zero-order valence-electron chi connectivity index (χ0n) is 16.0. The molecule has 0 saturated carbocycles. The summed E-state index contributed by atoms with van der Waals surface area (Å²) in [4.78, 5) is 4.67. The third kappa shape index (κ3) is 4.92. The van der Waals surface area contributed by atoms with E-state index < -0.39 is 0 Å². The Labute approximate surface area is 183 Å². The molecule has 0 bridgehead atoms. The third-order valence-electron chi connectivity index (χ3n) is 4.53. The molecule has 0 aliphatic heterocycles. The van der Waals surface area contributed by atoms with Crippen molar-refractivity contribution in [2.75, 3.05) is 6.61 Å². The number of rotatable bonds is 8. The Kier molecular flexibility index (Phi) is 6.38. The molecule has 0 atom stereocenters. The molecule has 0 N–H and O–H groups in total. The van der Waals surface area contributed by atoms with Gasteiger partial charge in [0.15, 0.2) is 5.75 Å². The standard InChI is InChI=1S/C22H20Cl2N2O2S/c1-14-11-16(28-26-14)7-3-2-6-10-27-21-17(23)12-15(13-18(21)24)22-25-19-8-4-5-9-20(19)29-22/h4-5,8-9,11-13H,2-3,6-7,10H2,1H3. The lowest BCUT2D eigenvalue weighted by atomic mass is 10.1. The zero-order chi connectivity index (χ0) is 20.2. The molecule has 0 aliphatic rings. The van der Waals surface area contributed by atoms with E-state index in [1.807, 2.05) is 43.3 Å². The minimum atomic E-state index is 0.504. The van der Waals surface area contributed by atoms with Crippen molar-refractivity contribution in [1.29, 1.82) is 0 Å². The van der Waals surface area contributed by atoms with Gasteiger partial charge in [-0.1, -0.05) is 40.5 Å². The van der Waals surface area contributed by atoms with Crippen LogP contribution < -0.4 is 4.74 Å². The molecule has 4 aromatic rings. The van der Waals surface area contributed by atoms with Crippen molar-refractivity contribution < 1.29 is 9.26 Å². The number of aryl methyl sites for hydroxylation is 2. The highest BCUT2D eigenvalue weighted by Crippen LogP contribution is 2.39. The topological polar surface area (TPSA) is 48.2 Å². The highest BCUT2D eigenvalue weighted by molar-refractivity contribution is 7.21. The molecule has 0 unspecified atom stereocenters. The fourth-order valence-electron chi connectivity index (χ4n) is 3.10. The maximum Gasteiger partial charge on any atom is 0.156 e. The van der Waals surface area contributed by atoms with Crippen molar-refractivity contribution in [2.24, 2.45) is 0 Å². The van der Waals surface area contributed by atoms with Gasteiger partial charge in [-0.05, 0) is 50.5 Å². The normalized spacial score (nSPS) is 11.3. The maximum atomic E-state index is 6.45. The Morgan fingerprint density at radius 3 is 2.55 bits per heavy atom. The van der Waals surface area contributed by atoms with Gasteiger partial charge in [0.1, 0.15) is 10.8 Å². The first kappa shape index (κ1) is 20.2. The number of thiazole rings is 1. The molecule has 2 aromatic carbocycles. The first-order valence-corrected chi connectivity index (χ1v) is 11.1. The number of unbranched alkanes of at least 4 members (excludes halogenated alkanes) is 2. The van der Waals surface area contributed by atoms with Crippen LogP contribution in [-0.4, -0.2) is 16.7 Å². The monoisotopic (exact) mass is 446 g/mol. The van der Waals surface area contributed by atoms with Gasteiger partial charge in [0.25, 0.3) is 0 Å². The van der Waals surface area contributed by atoms with Gasteiger partial charge < -0.3 is 9.26 Å². The molecule has 7 heteroatoms. The lowest BCUT2D eigenvalue weighted by Gasteiger charge is -2.11. The average Bonchev–Trinajstić information content (AvgIpc) is 3.32. The molecule has 0 radical (unpaired) electrons. The fourth-order valence-corrected chi connectivity index (χ4v) is 4.65. The second kappa shape index (κ2) is 9.16. The van der Waals surface area contributed by atoms with Gasteiger partial charge in [-0.3, -0.25) is 0 Å². The number of aromatic nitrogens is 2.